The lowest BCUT2D eigenvalue weighted by Gasteiger charge is -2.42. The molecule has 0 spiro atoms. The van der Waals surface area contributed by atoms with Gasteiger partial charge in [-0.2, -0.15) is 20.0 Å². The van der Waals surface area contributed by atoms with Gasteiger partial charge in [-0.25, -0.2) is 9.78 Å². The average molecular weight is 726 g/mol. The third-order valence-electron chi connectivity index (χ3n) is 8.73. The Morgan fingerprint density at radius 1 is 1.10 bits per heavy atom. The largest absolute Gasteiger partial charge is 0.497 e. The Kier molecular flexibility index (Phi) is 10.00. The molecule has 1 atom stereocenters. The van der Waals surface area contributed by atoms with E-state index in [1.165, 1.54) is 20.5 Å². The Bertz CT molecular complexity index is 2080. The number of carbonyl (C=O) groups excluding carboxylic acids is 2. The minimum absolute atomic E-state index is 0.110. The van der Waals surface area contributed by atoms with Gasteiger partial charge in [0.2, 0.25) is 11.9 Å². The van der Waals surface area contributed by atoms with E-state index in [2.05, 4.69) is 32.4 Å². The molecule has 1 N–H and O–H groups in total. The average Bonchev–Trinajstić information content (AvgIpc) is 3.88. The quantitative estimate of drug-likeness (QED) is 0.247. The third-order valence-corrected chi connectivity index (χ3v) is 9.13. The van der Waals surface area contributed by atoms with Gasteiger partial charge in [0, 0.05) is 46.3 Å². The first-order valence-electron chi connectivity index (χ1n) is 16.8. The molecule has 0 radical (unpaired) electrons. The van der Waals surface area contributed by atoms with Gasteiger partial charge < -0.3 is 29.5 Å². The van der Waals surface area contributed by atoms with E-state index in [1.54, 1.807) is 54.1 Å². The molecule has 2 amide bonds. The summed E-state index contributed by atoms with van der Waals surface area (Å²) in [6.45, 7) is 6.46. The Morgan fingerprint density at radius 2 is 1.83 bits per heavy atom. The molecular formula is C36H40ClN11O4. The van der Waals surface area contributed by atoms with E-state index in [0.717, 1.165) is 24.2 Å². The second kappa shape index (κ2) is 14.4. The number of nitriles is 2. The van der Waals surface area contributed by atoms with Crippen molar-refractivity contribution in [3.63, 3.8) is 0 Å². The monoisotopic (exact) mass is 725 g/mol. The van der Waals surface area contributed by atoms with E-state index in [0.29, 0.717) is 41.5 Å². The van der Waals surface area contributed by atoms with Gasteiger partial charge in [-0.3, -0.25) is 9.69 Å². The van der Waals surface area contributed by atoms with Crippen LogP contribution in [0.5, 0.6) is 5.75 Å². The number of anilines is 4. The van der Waals surface area contributed by atoms with Crippen LogP contribution in [0, 0.1) is 22.7 Å². The maximum Gasteiger partial charge on any atom is 0.411 e. The van der Waals surface area contributed by atoms with Gasteiger partial charge >= 0.3 is 6.09 Å². The fourth-order valence-corrected chi connectivity index (χ4v) is 6.32. The summed E-state index contributed by atoms with van der Waals surface area (Å²) in [6, 6.07) is 14.7. The fourth-order valence-electron chi connectivity index (χ4n) is 6.04. The number of hydrogen-bond donors (Lipinski definition) is 1. The van der Waals surface area contributed by atoms with Crippen molar-refractivity contribution in [2.45, 2.75) is 57.8 Å². The minimum Gasteiger partial charge on any atom is -0.497 e. The van der Waals surface area contributed by atoms with Crippen molar-refractivity contribution in [3.05, 3.63) is 64.4 Å². The van der Waals surface area contributed by atoms with Crippen LogP contribution in [0.15, 0.2) is 42.6 Å². The van der Waals surface area contributed by atoms with Crippen molar-refractivity contribution in [1.29, 1.82) is 10.5 Å². The molecule has 52 heavy (non-hydrogen) atoms. The van der Waals surface area contributed by atoms with Crippen LogP contribution in [0.25, 0.3) is 5.65 Å². The summed E-state index contributed by atoms with van der Waals surface area (Å²) in [6.07, 6.45) is 2.82. The van der Waals surface area contributed by atoms with Crippen molar-refractivity contribution < 1.29 is 19.1 Å². The number of carbonyl (C=O) groups is 2. The van der Waals surface area contributed by atoms with E-state index in [1.807, 2.05) is 29.2 Å². The molecule has 1 aliphatic heterocycles. The molecule has 1 saturated carbocycles. The highest BCUT2D eigenvalue weighted by atomic mass is 35.5. The highest BCUT2D eigenvalue weighted by Gasteiger charge is 2.39. The summed E-state index contributed by atoms with van der Waals surface area (Å²) in [5.74, 6) is 1.15. The Balaban J connectivity index is 1.36. The van der Waals surface area contributed by atoms with Gasteiger partial charge in [0.25, 0.3) is 0 Å². The number of methoxy groups -OCH3 is 1. The minimum atomic E-state index is -0.866. The van der Waals surface area contributed by atoms with Crippen LogP contribution in [-0.4, -0.2) is 99.9 Å². The molecule has 270 valence electrons. The van der Waals surface area contributed by atoms with E-state index in [4.69, 9.17) is 26.1 Å². The molecule has 1 aliphatic carbocycles. The zero-order valence-corrected chi connectivity index (χ0v) is 30.7. The predicted molar refractivity (Wildman–Crippen MR) is 195 cm³/mol. The number of rotatable bonds is 9. The van der Waals surface area contributed by atoms with Crippen molar-refractivity contribution in [2.24, 2.45) is 0 Å². The highest BCUT2D eigenvalue weighted by molar-refractivity contribution is 6.36. The van der Waals surface area contributed by atoms with Gasteiger partial charge in [0.15, 0.2) is 17.2 Å². The zero-order chi connectivity index (χ0) is 37.3. The lowest BCUT2D eigenvalue weighted by molar-refractivity contribution is -0.134. The third kappa shape index (κ3) is 7.60. The number of hydrogen-bond acceptors (Lipinski definition) is 12. The summed E-state index contributed by atoms with van der Waals surface area (Å²) < 4.78 is 12.4. The smallest absolute Gasteiger partial charge is 0.411 e. The predicted octanol–water partition coefficient (Wildman–Crippen LogP) is 4.96. The molecule has 16 heteroatoms. The van der Waals surface area contributed by atoms with Crippen LogP contribution < -0.4 is 19.9 Å². The van der Waals surface area contributed by atoms with Gasteiger partial charge in [0.1, 0.15) is 23.5 Å². The van der Waals surface area contributed by atoms with Gasteiger partial charge in [-0.15, -0.1) is 5.10 Å². The van der Waals surface area contributed by atoms with E-state index in [9.17, 15) is 20.1 Å². The topological polar surface area (TPSA) is 168 Å². The number of halogens is 1. The second-order valence-corrected chi connectivity index (χ2v) is 14.3. The molecular weight excluding hydrogens is 686 g/mol. The number of piperazine rings is 1. The number of aromatic nitrogens is 4. The number of fused-ring (bicyclic) bond motifs is 1. The maximum atomic E-state index is 13.4. The van der Waals surface area contributed by atoms with E-state index < -0.39 is 17.7 Å². The number of likely N-dealkylation sites (N-methyl/N-ethyl adjacent to an activating group) is 1. The molecule has 1 unspecified atom stereocenters. The Hall–Kier alpha value is -5.80. The molecule has 2 aromatic heterocycles. The first-order valence-corrected chi connectivity index (χ1v) is 17.2. The van der Waals surface area contributed by atoms with Crippen LogP contribution in [0.1, 0.15) is 50.4 Å². The lowest BCUT2D eigenvalue weighted by atomic mass is 10.1. The molecule has 2 aliphatic rings. The normalized spacial score (nSPS) is 15.8. The summed E-state index contributed by atoms with van der Waals surface area (Å²) in [5, 5.41) is 28.0. The molecule has 6 rings (SSSR count). The van der Waals surface area contributed by atoms with Crippen molar-refractivity contribution in [1.82, 2.24) is 29.4 Å². The second-order valence-electron chi connectivity index (χ2n) is 13.9. The lowest BCUT2D eigenvalue weighted by Crippen LogP contribution is -2.61. The van der Waals surface area contributed by atoms with Crippen molar-refractivity contribution in [2.75, 3.05) is 56.0 Å². The van der Waals surface area contributed by atoms with Crippen LogP contribution in [0.3, 0.4) is 0 Å². The first-order chi connectivity index (χ1) is 24.8. The number of imidazole rings is 1. The van der Waals surface area contributed by atoms with E-state index >= 15 is 0 Å². The van der Waals surface area contributed by atoms with Crippen LogP contribution in [0.4, 0.5) is 27.9 Å². The van der Waals surface area contributed by atoms with Gasteiger partial charge in [-0.1, -0.05) is 23.7 Å². The summed E-state index contributed by atoms with van der Waals surface area (Å²) >= 11 is 7.09. The molecule has 2 aromatic carbocycles. The highest BCUT2D eigenvalue weighted by Crippen LogP contribution is 2.39. The molecule has 1 saturated heterocycles. The maximum absolute atomic E-state index is 13.4. The molecule has 4 aromatic rings. The molecule has 3 heterocycles. The molecule has 0 bridgehead atoms. The number of ether oxygens (including phenoxy) is 2. The number of nitrogens with one attached hydrogen (secondary N) is 1. The molecule has 15 nitrogen and oxygen atoms in total. The Morgan fingerprint density at radius 3 is 2.44 bits per heavy atom. The van der Waals surface area contributed by atoms with Crippen molar-refractivity contribution >= 4 is 52.4 Å². The zero-order valence-electron chi connectivity index (χ0n) is 29.9. The van der Waals surface area contributed by atoms with Gasteiger partial charge in [-0.05, 0) is 63.4 Å². The Labute approximate surface area is 306 Å². The van der Waals surface area contributed by atoms with E-state index in [-0.39, 0.29) is 41.7 Å². The van der Waals surface area contributed by atoms with Crippen LogP contribution in [0.2, 0.25) is 5.02 Å². The number of amides is 2. The van der Waals surface area contributed by atoms with Crippen molar-refractivity contribution in [3.8, 4) is 17.9 Å². The fraction of sp³-hybridized carbons (Fsp3) is 0.417. The summed E-state index contributed by atoms with van der Waals surface area (Å²) in [7, 11) is 4.88. The summed E-state index contributed by atoms with van der Waals surface area (Å²) in [5.41, 5.74) is 2.08. The van der Waals surface area contributed by atoms with Crippen LogP contribution in [-0.2, 0) is 16.1 Å². The van der Waals surface area contributed by atoms with Crippen LogP contribution >= 0.6 is 11.6 Å². The number of nitrogens with zero attached hydrogens (tertiary/aromatic N) is 10. The number of benzene rings is 2. The van der Waals surface area contributed by atoms with Gasteiger partial charge in [0.05, 0.1) is 41.3 Å². The SMILES string of the molecule is COc1ccc(CN(c2nc(Nc3cc(C#N)cc(N4CCN(C(=O)OC(C)(C)C)C(C(=O)N(C)C)C4)c3Cl)nn3c(C#N)cnc23)C2CC2)cc1. The summed E-state index contributed by atoms with van der Waals surface area (Å²) in [4.78, 5) is 42.9. The standard InChI is InChI=1S/C36H40ClN11O4/c1-36(2,3)52-35(50)46-14-13-45(21-29(46)33(49)44(4)5)28-16-23(17-38)15-27(30(28)37)41-34-42-32(31-40-19-25(18-39)48(31)43-34)47(24-9-10-24)20-22-7-11-26(51-6)12-8-22/h7-8,11-12,15-16,19,24,29H,9-10,13-14,20-21H2,1-6H3,(H,41,43). The first kappa shape index (κ1) is 36.0. The molecule has 2 fully saturated rings.